The van der Waals surface area contributed by atoms with Crippen molar-refractivity contribution in [2.24, 2.45) is 29.1 Å². The first-order valence-corrected chi connectivity index (χ1v) is 9.14. The van der Waals surface area contributed by atoms with Gasteiger partial charge in [0.15, 0.2) is 0 Å². The third kappa shape index (κ3) is 3.15. The van der Waals surface area contributed by atoms with E-state index in [0.717, 1.165) is 23.7 Å². The third-order valence-electron chi connectivity index (χ3n) is 6.54. The fourth-order valence-electron chi connectivity index (χ4n) is 5.41. The molecule has 116 valence electrons. The Kier molecular flexibility index (Phi) is 5.37. The lowest BCUT2D eigenvalue weighted by molar-refractivity contribution is 0.0927. The summed E-state index contributed by atoms with van der Waals surface area (Å²) in [7, 11) is 0. The molecule has 0 aromatic heterocycles. The van der Waals surface area contributed by atoms with E-state index >= 15 is 0 Å². The van der Waals surface area contributed by atoms with E-state index in [2.05, 4.69) is 40.7 Å². The van der Waals surface area contributed by atoms with Crippen molar-refractivity contribution in [3.8, 4) is 0 Å². The second-order valence-corrected chi connectivity index (χ2v) is 8.26. The van der Waals surface area contributed by atoms with Crippen LogP contribution in [0.5, 0.6) is 0 Å². The fraction of sp³-hybridized carbons (Fsp3) is 0.900. The molecule has 0 spiro atoms. The van der Waals surface area contributed by atoms with Crippen LogP contribution in [0, 0.1) is 29.1 Å². The van der Waals surface area contributed by atoms with Gasteiger partial charge in [0, 0.05) is 0 Å². The molecule has 0 aromatic rings. The summed E-state index contributed by atoms with van der Waals surface area (Å²) >= 11 is 0. The van der Waals surface area contributed by atoms with E-state index in [1.165, 1.54) is 51.4 Å². The lowest BCUT2D eigenvalue weighted by Gasteiger charge is -2.44. The van der Waals surface area contributed by atoms with Crippen LogP contribution in [0.1, 0.15) is 86.0 Å². The Morgan fingerprint density at radius 3 is 2.60 bits per heavy atom. The first-order valence-electron chi connectivity index (χ1n) is 9.14. The van der Waals surface area contributed by atoms with Gasteiger partial charge in [0.1, 0.15) is 0 Å². The molecule has 0 amide bonds. The van der Waals surface area contributed by atoms with Gasteiger partial charge in [-0.15, -0.1) is 0 Å². The lowest BCUT2D eigenvalue weighted by Crippen LogP contribution is -2.35. The summed E-state index contributed by atoms with van der Waals surface area (Å²) in [5, 5.41) is 0. The molecule has 4 atom stereocenters. The summed E-state index contributed by atoms with van der Waals surface area (Å²) in [5.74, 6) is 3.70. The second-order valence-electron chi connectivity index (χ2n) is 8.26. The van der Waals surface area contributed by atoms with Crippen molar-refractivity contribution in [3.05, 3.63) is 11.6 Å². The van der Waals surface area contributed by atoms with Crippen LogP contribution in [-0.2, 0) is 0 Å². The molecule has 0 heterocycles. The maximum atomic E-state index is 2.62. The van der Waals surface area contributed by atoms with Crippen molar-refractivity contribution in [1.29, 1.82) is 0 Å². The molecule has 0 aliphatic heterocycles. The monoisotopic (exact) mass is 276 g/mol. The number of hydrogen-bond donors (Lipinski definition) is 0. The van der Waals surface area contributed by atoms with Crippen molar-refractivity contribution >= 4 is 0 Å². The summed E-state index contributed by atoms with van der Waals surface area (Å²) in [5.41, 5.74) is 2.41. The predicted octanol–water partition coefficient (Wildman–Crippen LogP) is 6.61. The zero-order chi connectivity index (χ0) is 14.8. The molecule has 2 saturated carbocycles. The highest BCUT2D eigenvalue weighted by Gasteiger charge is 2.50. The van der Waals surface area contributed by atoms with Gasteiger partial charge in [0.05, 0.1) is 0 Å². The quantitative estimate of drug-likeness (QED) is 0.495. The largest absolute Gasteiger partial charge is 0.0882 e. The molecule has 2 aliphatic rings. The third-order valence-corrected chi connectivity index (χ3v) is 6.54. The van der Waals surface area contributed by atoms with E-state index in [0.29, 0.717) is 5.41 Å². The first kappa shape index (κ1) is 16.1. The number of rotatable bonds is 5. The Hall–Kier alpha value is -0.260. The van der Waals surface area contributed by atoms with E-state index in [1.54, 1.807) is 5.57 Å². The molecule has 0 N–H and O–H groups in total. The van der Waals surface area contributed by atoms with Crippen LogP contribution in [0.15, 0.2) is 11.6 Å². The molecule has 2 aliphatic carbocycles. The van der Waals surface area contributed by atoms with Crippen LogP contribution < -0.4 is 0 Å². The molecule has 0 heteroatoms. The molecule has 2 unspecified atom stereocenters. The zero-order valence-electron chi connectivity index (χ0n) is 14.5. The average molecular weight is 277 g/mol. The van der Waals surface area contributed by atoms with Crippen molar-refractivity contribution < 1.29 is 0 Å². The van der Waals surface area contributed by atoms with E-state index < -0.39 is 0 Å². The van der Waals surface area contributed by atoms with Gasteiger partial charge in [-0.25, -0.2) is 0 Å². The summed E-state index contributed by atoms with van der Waals surface area (Å²) < 4.78 is 0. The Bertz CT molecular complexity index is 338. The van der Waals surface area contributed by atoms with Crippen molar-refractivity contribution in [2.45, 2.75) is 86.0 Å². The van der Waals surface area contributed by atoms with Crippen LogP contribution >= 0.6 is 0 Å². The minimum atomic E-state index is 0.622. The van der Waals surface area contributed by atoms with Gasteiger partial charge in [-0.3, -0.25) is 0 Å². The van der Waals surface area contributed by atoms with E-state index in [4.69, 9.17) is 0 Å². The highest BCUT2D eigenvalue weighted by Crippen LogP contribution is 2.59. The van der Waals surface area contributed by atoms with Gasteiger partial charge in [0.2, 0.25) is 0 Å². The van der Waals surface area contributed by atoms with Gasteiger partial charge in [-0.2, -0.15) is 0 Å². The molecule has 0 nitrogen and oxygen atoms in total. The number of hydrogen-bond acceptors (Lipinski definition) is 0. The highest BCUT2D eigenvalue weighted by atomic mass is 14.5. The van der Waals surface area contributed by atoms with Crippen molar-refractivity contribution in [3.63, 3.8) is 0 Å². The van der Waals surface area contributed by atoms with Gasteiger partial charge in [-0.1, -0.05) is 58.6 Å². The van der Waals surface area contributed by atoms with Crippen molar-refractivity contribution in [1.82, 2.24) is 0 Å². The van der Waals surface area contributed by atoms with E-state index in [1.807, 2.05) is 0 Å². The molecule has 0 saturated heterocycles. The molecular weight excluding hydrogens is 240 g/mol. The molecule has 0 radical (unpaired) electrons. The summed E-state index contributed by atoms with van der Waals surface area (Å²) in [6.45, 7) is 12.1. The number of allylic oxidation sites excluding steroid dienone is 2. The minimum absolute atomic E-state index is 0.622. The van der Waals surface area contributed by atoms with Crippen LogP contribution in [-0.4, -0.2) is 0 Å². The van der Waals surface area contributed by atoms with Crippen LogP contribution in [0.3, 0.4) is 0 Å². The maximum Gasteiger partial charge on any atom is -0.0146 e. The van der Waals surface area contributed by atoms with Gasteiger partial charge in [-0.05, 0) is 68.1 Å². The van der Waals surface area contributed by atoms with Crippen molar-refractivity contribution in [2.75, 3.05) is 0 Å². The highest BCUT2D eigenvalue weighted by molar-refractivity contribution is 5.17. The normalized spacial score (nSPS) is 37.4. The van der Waals surface area contributed by atoms with Crippen LogP contribution in [0.25, 0.3) is 0 Å². The SMILES string of the molecule is CC=C1CCC[C@@]2(C)C(C(C)CCCC(C)C)CC[C@H]12. The molecule has 2 rings (SSSR count). The molecule has 20 heavy (non-hydrogen) atoms. The topological polar surface area (TPSA) is 0 Å². The first-order chi connectivity index (χ1) is 9.49. The predicted molar refractivity (Wildman–Crippen MR) is 89.8 cm³/mol. The minimum Gasteiger partial charge on any atom is -0.0882 e. The Labute approximate surface area is 127 Å². The standard InChI is InChI=1S/C20H36/c1-6-17-11-8-14-20(5)18(12-13-19(17)20)16(4)10-7-9-15(2)3/h6,15-16,18-19H,7-14H2,1-5H3/t16?,18?,19-,20+/m1/s1. The summed E-state index contributed by atoms with van der Waals surface area (Å²) in [6.07, 6.45) is 14.0. The molecule has 0 bridgehead atoms. The van der Waals surface area contributed by atoms with Gasteiger partial charge < -0.3 is 0 Å². The van der Waals surface area contributed by atoms with E-state index in [-0.39, 0.29) is 0 Å². The average Bonchev–Trinajstić information content (AvgIpc) is 2.75. The molecule has 2 fully saturated rings. The van der Waals surface area contributed by atoms with E-state index in [9.17, 15) is 0 Å². The van der Waals surface area contributed by atoms with Crippen LogP contribution in [0.4, 0.5) is 0 Å². The number of fused-ring (bicyclic) bond motifs is 1. The van der Waals surface area contributed by atoms with Gasteiger partial charge in [0.25, 0.3) is 0 Å². The Balaban J connectivity index is 1.99. The van der Waals surface area contributed by atoms with Gasteiger partial charge >= 0.3 is 0 Å². The second kappa shape index (κ2) is 6.67. The van der Waals surface area contributed by atoms with Crippen LogP contribution in [0.2, 0.25) is 0 Å². The lowest BCUT2D eigenvalue weighted by atomic mass is 9.61. The molecular formula is C20H36. The Morgan fingerprint density at radius 2 is 1.95 bits per heavy atom. The molecule has 0 aromatic carbocycles. The summed E-state index contributed by atoms with van der Waals surface area (Å²) in [6, 6.07) is 0. The maximum absolute atomic E-state index is 2.62. The Morgan fingerprint density at radius 1 is 1.20 bits per heavy atom. The summed E-state index contributed by atoms with van der Waals surface area (Å²) in [4.78, 5) is 0. The fourth-order valence-corrected chi connectivity index (χ4v) is 5.41. The zero-order valence-corrected chi connectivity index (χ0v) is 14.5. The smallest absolute Gasteiger partial charge is 0.0146 e.